The van der Waals surface area contributed by atoms with Gasteiger partial charge in [-0.1, -0.05) is 6.92 Å². The average Bonchev–Trinajstić information content (AvgIpc) is 2.88. The van der Waals surface area contributed by atoms with E-state index in [1.807, 2.05) is 6.20 Å². The number of nitrogens with zero attached hydrogens (tertiary/aromatic N) is 3. The van der Waals surface area contributed by atoms with Crippen molar-refractivity contribution in [2.45, 2.75) is 38.6 Å². The largest absolute Gasteiger partial charge is 0.477 e. The van der Waals surface area contributed by atoms with E-state index in [4.69, 9.17) is 10.5 Å². The minimum absolute atomic E-state index is 0.390. The molecule has 2 heterocycles. The highest BCUT2D eigenvalue weighted by Crippen LogP contribution is 2.37. The molecule has 1 aromatic rings. The van der Waals surface area contributed by atoms with Gasteiger partial charge in [0.25, 0.3) is 0 Å². The molecule has 2 aliphatic rings. The van der Waals surface area contributed by atoms with Gasteiger partial charge in [0.05, 0.1) is 19.0 Å². The highest BCUT2D eigenvalue weighted by molar-refractivity contribution is 5.39. The molecule has 1 aliphatic heterocycles. The van der Waals surface area contributed by atoms with Gasteiger partial charge in [-0.05, 0) is 37.5 Å². The van der Waals surface area contributed by atoms with Gasteiger partial charge in [-0.2, -0.15) is 4.98 Å². The van der Waals surface area contributed by atoms with E-state index in [0.717, 1.165) is 43.6 Å². The van der Waals surface area contributed by atoms with Gasteiger partial charge in [-0.15, -0.1) is 0 Å². The van der Waals surface area contributed by atoms with Crippen molar-refractivity contribution in [3.8, 4) is 5.88 Å². The molecule has 0 radical (unpaired) electrons. The summed E-state index contributed by atoms with van der Waals surface area (Å²) >= 11 is 0. The van der Waals surface area contributed by atoms with Crippen LogP contribution in [-0.2, 0) is 0 Å². The van der Waals surface area contributed by atoms with E-state index < -0.39 is 0 Å². The van der Waals surface area contributed by atoms with Crippen LogP contribution in [0.5, 0.6) is 5.88 Å². The molecular weight excluding hydrogens is 252 g/mol. The second-order valence-electron chi connectivity index (χ2n) is 6.06. The molecule has 5 nitrogen and oxygen atoms in total. The van der Waals surface area contributed by atoms with Crippen LogP contribution in [0, 0.1) is 11.8 Å². The average molecular weight is 276 g/mol. The molecule has 5 heteroatoms. The molecule has 0 aromatic carbocycles. The second kappa shape index (κ2) is 5.95. The highest BCUT2D eigenvalue weighted by atomic mass is 16.5. The van der Waals surface area contributed by atoms with Crippen LogP contribution in [0.25, 0.3) is 0 Å². The van der Waals surface area contributed by atoms with E-state index in [1.165, 1.54) is 12.8 Å². The zero-order chi connectivity index (χ0) is 13.9. The van der Waals surface area contributed by atoms with Crippen LogP contribution < -0.4 is 15.4 Å². The normalized spacial score (nSPS) is 29.3. The summed E-state index contributed by atoms with van der Waals surface area (Å²) in [6.07, 6.45) is 8.09. The van der Waals surface area contributed by atoms with Crippen molar-refractivity contribution in [3.05, 3.63) is 12.4 Å². The number of anilines is 1. The van der Waals surface area contributed by atoms with Gasteiger partial charge in [-0.25, -0.2) is 0 Å². The number of ether oxygens (including phenoxy) is 1. The summed E-state index contributed by atoms with van der Waals surface area (Å²) in [5, 5.41) is 0. The Hall–Kier alpha value is -1.36. The first-order chi connectivity index (χ1) is 9.76. The SMILES string of the molecule is CCCOc1cncc(N2C[C@H]3CCC(N)C[C@H]3C2)n1. The molecule has 110 valence electrons. The zero-order valence-electron chi connectivity index (χ0n) is 12.2. The Kier molecular flexibility index (Phi) is 4.05. The van der Waals surface area contributed by atoms with E-state index in [1.54, 1.807) is 6.20 Å². The Bertz CT molecular complexity index is 453. The van der Waals surface area contributed by atoms with Gasteiger partial charge in [0.1, 0.15) is 0 Å². The lowest BCUT2D eigenvalue weighted by atomic mass is 9.79. The summed E-state index contributed by atoms with van der Waals surface area (Å²) in [6.45, 7) is 4.93. The van der Waals surface area contributed by atoms with E-state index in [-0.39, 0.29) is 0 Å². The summed E-state index contributed by atoms with van der Waals surface area (Å²) in [5.74, 6) is 3.08. The maximum Gasteiger partial charge on any atom is 0.234 e. The third kappa shape index (κ3) is 2.87. The van der Waals surface area contributed by atoms with Crippen molar-refractivity contribution in [3.63, 3.8) is 0 Å². The Morgan fingerprint density at radius 2 is 2.15 bits per heavy atom. The summed E-state index contributed by atoms with van der Waals surface area (Å²) in [7, 11) is 0. The molecule has 1 saturated carbocycles. The highest BCUT2D eigenvalue weighted by Gasteiger charge is 2.37. The fourth-order valence-corrected chi connectivity index (χ4v) is 3.42. The predicted octanol–water partition coefficient (Wildman–Crippen LogP) is 1.83. The van der Waals surface area contributed by atoms with Crippen molar-refractivity contribution in [2.75, 3.05) is 24.6 Å². The second-order valence-corrected chi connectivity index (χ2v) is 6.06. The van der Waals surface area contributed by atoms with Crippen molar-refractivity contribution in [2.24, 2.45) is 17.6 Å². The van der Waals surface area contributed by atoms with Crippen molar-refractivity contribution < 1.29 is 4.74 Å². The number of fused-ring (bicyclic) bond motifs is 1. The fourth-order valence-electron chi connectivity index (χ4n) is 3.42. The summed E-state index contributed by atoms with van der Waals surface area (Å²) in [6, 6.07) is 0.390. The molecule has 1 aliphatic carbocycles. The number of nitrogens with two attached hydrogens (primary N) is 1. The van der Waals surface area contributed by atoms with Crippen LogP contribution in [-0.4, -0.2) is 35.7 Å². The summed E-state index contributed by atoms with van der Waals surface area (Å²) < 4.78 is 5.57. The van der Waals surface area contributed by atoms with Gasteiger partial charge in [0.15, 0.2) is 5.82 Å². The molecule has 1 unspecified atom stereocenters. The molecule has 2 N–H and O–H groups in total. The topological polar surface area (TPSA) is 64.3 Å². The van der Waals surface area contributed by atoms with Crippen LogP contribution in [0.2, 0.25) is 0 Å². The van der Waals surface area contributed by atoms with Gasteiger partial charge < -0.3 is 15.4 Å². The zero-order valence-corrected chi connectivity index (χ0v) is 12.2. The lowest BCUT2D eigenvalue weighted by molar-refractivity contribution is 0.271. The Balaban J connectivity index is 1.67. The molecule has 0 amide bonds. The van der Waals surface area contributed by atoms with E-state index >= 15 is 0 Å². The lowest BCUT2D eigenvalue weighted by Gasteiger charge is -2.27. The van der Waals surface area contributed by atoms with E-state index in [9.17, 15) is 0 Å². The van der Waals surface area contributed by atoms with Crippen LogP contribution in [0.3, 0.4) is 0 Å². The van der Waals surface area contributed by atoms with Gasteiger partial charge in [0.2, 0.25) is 5.88 Å². The van der Waals surface area contributed by atoms with Gasteiger partial charge in [0, 0.05) is 19.1 Å². The Morgan fingerprint density at radius 1 is 1.30 bits per heavy atom. The summed E-state index contributed by atoms with van der Waals surface area (Å²) in [4.78, 5) is 11.2. The predicted molar refractivity (Wildman–Crippen MR) is 78.8 cm³/mol. The quantitative estimate of drug-likeness (QED) is 0.909. The van der Waals surface area contributed by atoms with Gasteiger partial charge >= 0.3 is 0 Å². The standard InChI is InChI=1S/C15H24N4O/c1-2-5-20-15-8-17-7-14(18-15)19-9-11-3-4-13(16)6-12(11)10-19/h7-8,11-13H,2-6,9-10,16H2,1H3/t11-,12+,13?/m1/s1. The fraction of sp³-hybridized carbons (Fsp3) is 0.733. The molecule has 3 atom stereocenters. The molecule has 1 saturated heterocycles. The maximum absolute atomic E-state index is 6.09. The third-order valence-electron chi connectivity index (χ3n) is 4.47. The van der Waals surface area contributed by atoms with Crippen LogP contribution in [0.4, 0.5) is 5.82 Å². The number of aromatic nitrogens is 2. The molecule has 0 spiro atoms. The number of hydrogen-bond donors (Lipinski definition) is 1. The first kappa shape index (κ1) is 13.6. The first-order valence-corrected chi connectivity index (χ1v) is 7.71. The Morgan fingerprint density at radius 3 is 3.00 bits per heavy atom. The minimum atomic E-state index is 0.390. The molecule has 0 bridgehead atoms. The van der Waals surface area contributed by atoms with Crippen molar-refractivity contribution in [1.29, 1.82) is 0 Å². The lowest BCUT2D eigenvalue weighted by Crippen LogP contribution is -2.32. The summed E-state index contributed by atoms with van der Waals surface area (Å²) in [5.41, 5.74) is 6.09. The molecule has 3 rings (SSSR count). The maximum atomic E-state index is 6.09. The smallest absolute Gasteiger partial charge is 0.234 e. The molecule has 2 fully saturated rings. The monoisotopic (exact) mass is 276 g/mol. The first-order valence-electron chi connectivity index (χ1n) is 7.71. The third-order valence-corrected chi connectivity index (χ3v) is 4.47. The van der Waals surface area contributed by atoms with E-state index in [2.05, 4.69) is 21.8 Å². The van der Waals surface area contributed by atoms with Crippen molar-refractivity contribution >= 4 is 5.82 Å². The van der Waals surface area contributed by atoms with E-state index in [0.29, 0.717) is 18.5 Å². The van der Waals surface area contributed by atoms with Crippen LogP contribution in [0.15, 0.2) is 12.4 Å². The number of hydrogen-bond acceptors (Lipinski definition) is 5. The molecule has 20 heavy (non-hydrogen) atoms. The number of rotatable bonds is 4. The van der Waals surface area contributed by atoms with Crippen LogP contribution >= 0.6 is 0 Å². The van der Waals surface area contributed by atoms with Crippen molar-refractivity contribution in [1.82, 2.24) is 9.97 Å². The Labute approximate surface area is 120 Å². The molecule has 1 aromatic heterocycles. The minimum Gasteiger partial charge on any atom is -0.477 e. The van der Waals surface area contributed by atoms with Gasteiger partial charge in [-0.3, -0.25) is 4.98 Å². The van der Waals surface area contributed by atoms with Crippen LogP contribution in [0.1, 0.15) is 32.6 Å². The molecular formula is C15H24N4O.